The van der Waals surface area contributed by atoms with E-state index in [1.165, 1.54) is 12.1 Å². The maximum Gasteiger partial charge on any atom is 0.293 e. The Kier molecular flexibility index (Phi) is 5.64. The quantitative estimate of drug-likeness (QED) is 0.358. The number of nitriles is 1. The van der Waals surface area contributed by atoms with Crippen LogP contribution in [0.25, 0.3) is 6.08 Å². The molecule has 9 nitrogen and oxygen atoms in total. The number of rotatable bonds is 5. The summed E-state index contributed by atoms with van der Waals surface area (Å²) in [7, 11) is 3.39. The van der Waals surface area contributed by atoms with Gasteiger partial charge in [-0.1, -0.05) is 6.07 Å². The van der Waals surface area contributed by atoms with Crippen molar-refractivity contribution in [1.29, 1.82) is 5.26 Å². The third kappa shape index (κ3) is 4.44. The summed E-state index contributed by atoms with van der Waals surface area (Å²) in [5, 5.41) is 23.3. The van der Waals surface area contributed by atoms with E-state index >= 15 is 0 Å². The number of nitrogens with one attached hydrogen (secondary N) is 1. The number of nitro groups is 1. The molecule has 1 amide bonds. The monoisotopic (exact) mass is 394 g/mol. The molecule has 1 aliphatic rings. The van der Waals surface area contributed by atoms with Crippen molar-refractivity contribution >= 4 is 29.0 Å². The zero-order valence-electron chi connectivity index (χ0n) is 15.8. The van der Waals surface area contributed by atoms with Gasteiger partial charge in [-0.15, -0.1) is 0 Å². The first-order valence-electron chi connectivity index (χ1n) is 8.67. The Morgan fingerprint density at radius 3 is 2.59 bits per heavy atom. The maximum atomic E-state index is 12.5. The van der Waals surface area contributed by atoms with Crippen molar-refractivity contribution in [2.45, 2.75) is 0 Å². The molecule has 0 saturated heterocycles. The van der Waals surface area contributed by atoms with E-state index in [-0.39, 0.29) is 11.3 Å². The van der Waals surface area contributed by atoms with Gasteiger partial charge >= 0.3 is 0 Å². The van der Waals surface area contributed by atoms with Gasteiger partial charge in [0.25, 0.3) is 11.6 Å². The number of nitrogens with zero attached hydrogens (tertiary/aromatic N) is 3. The molecule has 0 aromatic heterocycles. The lowest BCUT2D eigenvalue weighted by atomic mass is 10.1. The Bertz CT molecular complexity index is 1040. The fourth-order valence-electron chi connectivity index (χ4n) is 2.79. The van der Waals surface area contributed by atoms with E-state index in [0.717, 1.165) is 0 Å². The number of nitro benzene ring substituents is 1. The Hall–Kier alpha value is -4.06. The van der Waals surface area contributed by atoms with Gasteiger partial charge < -0.3 is 19.7 Å². The van der Waals surface area contributed by atoms with Gasteiger partial charge in [0.15, 0.2) is 11.5 Å². The SMILES string of the molecule is CN(C)c1ccc(C=C(C#N)C(=O)Nc2ccc3c(c2)OCCO3)cc1[N+](=O)[O-]. The molecule has 0 radical (unpaired) electrons. The molecule has 2 aromatic carbocycles. The minimum absolute atomic E-state index is 0.117. The van der Waals surface area contributed by atoms with Gasteiger partial charge in [0.2, 0.25) is 0 Å². The third-order valence-corrected chi connectivity index (χ3v) is 4.15. The number of fused-ring (bicyclic) bond motifs is 1. The number of hydrogen-bond acceptors (Lipinski definition) is 7. The number of carbonyl (C=O) groups excluding carboxylic acids is 1. The summed E-state index contributed by atoms with van der Waals surface area (Å²) in [6.07, 6.45) is 1.31. The zero-order chi connectivity index (χ0) is 21.0. The molecule has 0 aliphatic carbocycles. The molecule has 0 bridgehead atoms. The first-order valence-corrected chi connectivity index (χ1v) is 8.67. The number of hydrogen-bond donors (Lipinski definition) is 1. The second-order valence-corrected chi connectivity index (χ2v) is 6.38. The van der Waals surface area contributed by atoms with Gasteiger partial charge in [0, 0.05) is 31.9 Å². The molecular formula is C20H18N4O5. The summed E-state index contributed by atoms with van der Waals surface area (Å²) >= 11 is 0. The summed E-state index contributed by atoms with van der Waals surface area (Å²) in [5.74, 6) is 0.452. The van der Waals surface area contributed by atoms with E-state index in [9.17, 15) is 20.2 Å². The van der Waals surface area contributed by atoms with Gasteiger partial charge in [0.1, 0.15) is 30.5 Å². The molecule has 3 rings (SSSR count). The van der Waals surface area contributed by atoms with E-state index in [2.05, 4.69) is 5.32 Å². The van der Waals surface area contributed by atoms with Crippen LogP contribution in [0.15, 0.2) is 42.0 Å². The van der Waals surface area contributed by atoms with E-state index < -0.39 is 10.8 Å². The molecule has 0 fully saturated rings. The largest absolute Gasteiger partial charge is 0.486 e. The van der Waals surface area contributed by atoms with Crippen molar-refractivity contribution in [3.8, 4) is 17.6 Å². The highest BCUT2D eigenvalue weighted by molar-refractivity contribution is 6.09. The van der Waals surface area contributed by atoms with Crippen LogP contribution in [0.3, 0.4) is 0 Å². The second kappa shape index (κ2) is 8.31. The minimum Gasteiger partial charge on any atom is -0.486 e. The van der Waals surface area contributed by atoms with E-state index in [0.29, 0.717) is 41.7 Å². The van der Waals surface area contributed by atoms with Crippen molar-refractivity contribution < 1.29 is 19.2 Å². The van der Waals surface area contributed by atoms with Crippen LogP contribution >= 0.6 is 0 Å². The highest BCUT2D eigenvalue weighted by Crippen LogP contribution is 2.33. The lowest BCUT2D eigenvalue weighted by Gasteiger charge is -2.18. The molecule has 9 heteroatoms. The Morgan fingerprint density at radius 1 is 1.21 bits per heavy atom. The van der Waals surface area contributed by atoms with Crippen molar-refractivity contribution in [1.82, 2.24) is 0 Å². The Morgan fingerprint density at radius 2 is 1.93 bits per heavy atom. The van der Waals surface area contributed by atoms with Gasteiger partial charge in [-0.05, 0) is 29.8 Å². The van der Waals surface area contributed by atoms with Crippen molar-refractivity contribution in [3.63, 3.8) is 0 Å². The molecule has 0 atom stereocenters. The van der Waals surface area contributed by atoms with Crippen LogP contribution in [-0.4, -0.2) is 38.1 Å². The number of anilines is 2. The van der Waals surface area contributed by atoms with Crippen molar-refractivity contribution in [3.05, 3.63) is 57.6 Å². The van der Waals surface area contributed by atoms with Crippen LogP contribution in [0.4, 0.5) is 17.1 Å². The van der Waals surface area contributed by atoms with Gasteiger partial charge in [-0.2, -0.15) is 5.26 Å². The molecule has 2 aromatic rings. The van der Waals surface area contributed by atoms with Gasteiger partial charge in [0.05, 0.1) is 4.92 Å². The summed E-state index contributed by atoms with van der Waals surface area (Å²) in [6, 6.07) is 11.2. The standard InChI is InChI=1S/C20H18N4O5/c1-23(2)16-5-3-13(10-17(16)24(26)27)9-14(12-21)20(25)22-15-4-6-18-19(11-15)29-8-7-28-18/h3-6,9-11H,7-8H2,1-2H3,(H,22,25). The first-order chi connectivity index (χ1) is 13.9. The molecule has 148 valence electrons. The molecule has 1 heterocycles. The summed E-state index contributed by atoms with van der Waals surface area (Å²) in [6.45, 7) is 0.869. The summed E-state index contributed by atoms with van der Waals surface area (Å²) < 4.78 is 10.9. The summed E-state index contributed by atoms with van der Waals surface area (Å²) in [5.41, 5.74) is 0.928. The second-order valence-electron chi connectivity index (χ2n) is 6.38. The lowest BCUT2D eigenvalue weighted by Crippen LogP contribution is -2.17. The van der Waals surface area contributed by atoms with Crippen molar-refractivity contribution in [2.75, 3.05) is 37.5 Å². The Labute approximate surface area is 166 Å². The highest BCUT2D eigenvalue weighted by Gasteiger charge is 2.18. The van der Waals surface area contributed by atoms with Crippen LogP contribution in [0.5, 0.6) is 11.5 Å². The van der Waals surface area contributed by atoms with Crippen LogP contribution in [0.1, 0.15) is 5.56 Å². The fourth-order valence-corrected chi connectivity index (χ4v) is 2.79. The van der Waals surface area contributed by atoms with Crippen LogP contribution < -0.4 is 19.7 Å². The third-order valence-electron chi connectivity index (χ3n) is 4.15. The predicted molar refractivity (Wildman–Crippen MR) is 107 cm³/mol. The maximum absolute atomic E-state index is 12.5. The molecule has 0 saturated carbocycles. The smallest absolute Gasteiger partial charge is 0.293 e. The van der Waals surface area contributed by atoms with E-state index in [1.54, 1.807) is 49.3 Å². The molecule has 1 aliphatic heterocycles. The van der Waals surface area contributed by atoms with Crippen LogP contribution in [0, 0.1) is 21.4 Å². The number of amides is 1. The molecule has 0 spiro atoms. The molecular weight excluding hydrogens is 376 g/mol. The van der Waals surface area contributed by atoms with E-state index in [4.69, 9.17) is 9.47 Å². The average molecular weight is 394 g/mol. The molecule has 0 unspecified atom stereocenters. The number of carbonyl (C=O) groups is 1. The average Bonchev–Trinajstić information content (AvgIpc) is 2.71. The summed E-state index contributed by atoms with van der Waals surface area (Å²) in [4.78, 5) is 24.9. The zero-order valence-corrected chi connectivity index (χ0v) is 15.8. The van der Waals surface area contributed by atoms with Gasteiger partial charge in [-0.25, -0.2) is 0 Å². The Balaban J connectivity index is 1.84. The minimum atomic E-state index is -0.636. The van der Waals surface area contributed by atoms with Crippen LogP contribution in [-0.2, 0) is 4.79 Å². The number of benzene rings is 2. The first kappa shape index (κ1) is 19.7. The normalized spacial score (nSPS) is 12.7. The van der Waals surface area contributed by atoms with E-state index in [1.807, 2.05) is 6.07 Å². The van der Waals surface area contributed by atoms with Crippen molar-refractivity contribution in [2.24, 2.45) is 0 Å². The molecule has 1 N–H and O–H groups in total. The fraction of sp³-hybridized carbons (Fsp3) is 0.200. The predicted octanol–water partition coefficient (Wildman–Crippen LogP) is 2.98. The molecule has 29 heavy (non-hydrogen) atoms. The topological polar surface area (TPSA) is 118 Å². The highest BCUT2D eigenvalue weighted by atomic mass is 16.6. The number of ether oxygens (including phenoxy) is 2. The van der Waals surface area contributed by atoms with Crippen LogP contribution in [0.2, 0.25) is 0 Å². The lowest BCUT2D eigenvalue weighted by molar-refractivity contribution is -0.384. The van der Waals surface area contributed by atoms with Gasteiger partial charge in [-0.3, -0.25) is 14.9 Å².